The van der Waals surface area contributed by atoms with Gasteiger partial charge < -0.3 is 10.2 Å². The number of carbonyl (C=O) groups is 1. The van der Waals surface area contributed by atoms with Crippen molar-refractivity contribution in [2.75, 3.05) is 36.4 Å². The van der Waals surface area contributed by atoms with Gasteiger partial charge in [0, 0.05) is 37.8 Å². The molecule has 1 aliphatic heterocycles. The molecule has 6 aliphatic rings. The van der Waals surface area contributed by atoms with Crippen LogP contribution < -0.4 is 15.5 Å². The predicted octanol–water partition coefficient (Wildman–Crippen LogP) is 3.69. The van der Waals surface area contributed by atoms with E-state index in [1.165, 1.54) is 75.5 Å². The topological polar surface area (TPSA) is 73.4 Å². The van der Waals surface area contributed by atoms with Crippen LogP contribution in [0.5, 0.6) is 0 Å². The smallest absolute Gasteiger partial charge is 0.321 e. The minimum Gasteiger partial charge on any atom is -0.344 e. The molecular formula is C22H34N6OS. The number of nitrogens with one attached hydrogen (secondary N) is 2. The molecule has 7 rings (SSSR count). The summed E-state index contributed by atoms with van der Waals surface area (Å²) < 4.78 is 0. The van der Waals surface area contributed by atoms with Gasteiger partial charge in [-0.25, -0.2) is 4.79 Å². The lowest BCUT2D eigenvalue weighted by molar-refractivity contribution is -0.0127. The SMILES string of the molecule is O=C(Nc1nnc(N2CCN(C3CCCC3)CC2)s1)NC12CC3CC(CC(C3)C1)C2. The Labute approximate surface area is 183 Å². The first kappa shape index (κ1) is 19.3. The number of piperazine rings is 1. The third-order valence-electron chi connectivity index (χ3n) is 8.48. The van der Waals surface area contributed by atoms with E-state index in [4.69, 9.17) is 0 Å². The van der Waals surface area contributed by atoms with Crippen LogP contribution in [0.4, 0.5) is 15.1 Å². The summed E-state index contributed by atoms with van der Waals surface area (Å²) in [6.07, 6.45) is 13.2. The maximum absolute atomic E-state index is 12.8. The molecule has 4 bridgehead atoms. The quantitative estimate of drug-likeness (QED) is 0.762. The number of rotatable bonds is 4. The second-order valence-electron chi connectivity index (χ2n) is 10.6. The number of aromatic nitrogens is 2. The van der Waals surface area contributed by atoms with E-state index in [0.29, 0.717) is 5.13 Å². The van der Waals surface area contributed by atoms with Crippen LogP contribution >= 0.6 is 11.3 Å². The zero-order valence-corrected chi connectivity index (χ0v) is 18.6. The lowest BCUT2D eigenvalue weighted by atomic mass is 9.53. The summed E-state index contributed by atoms with van der Waals surface area (Å²) in [5.74, 6) is 2.48. The molecule has 1 aromatic rings. The molecule has 0 aromatic carbocycles. The Morgan fingerprint density at radius 2 is 1.57 bits per heavy atom. The molecule has 2 amide bonds. The molecule has 0 unspecified atom stereocenters. The Morgan fingerprint density at radius 1 is 0.933 bits per heavy atom. The molecular weight excluding hydrogens is 396 g/mol. The van der Waals surface area contributed by atoms with E-state index in [9.17, 15) is 4.79 Å². The third-order valence-corrected chi connectivity index (χ3v) is 9.38. The molecule has 164 valence electrons. The van der Waals surface area contributed by atoms with Crippen LogP contribution in [-0.4, -0.2) is 58.9 Å². The zero-order valence-electron chi connectivity index (χ0n) is 17.8. The van der Waals surface area contributed by atoms with E-state index in [0.717, 1.165) is 55.1 Å². The Bertz CT molecular complexity index is 747. The first-order chi connectivity index (χ1) is 14.6. The van der Waals surface area contributed by atoms with Gasteiger partial charge in [-0.15, -0.1) is 10.2 Å². The van der Waals surface area contributed by atoms with Crippen molar-refractivity contribution in [2.45, 2.75) is 75.8 Å². The summed E-state index contributed by atoms with van der Waals surface area (Å²) >= 11 is 1.51. The predicted molar refractivity (Wildman–Crippen MR) is 119 cm³/mol. The molecule has 2 N–H and O–H groups in total. The van der Waals surface area contributed by atoms with E-state index in [1.807, 2.05) is 0 Å². The molecule has 30 heavy (non-hydrogen) atoms. The number of amides is 2. The Balaban J connectivity index is 1.03. The van der Waals surface area contributed by atoms with Gasteiger partial charge in [-0.2, -0.15) is 0 Å². The highest BCUT2D eigenvalue weighted by molar-refractivity contribution is 7.19. The number of hydrogen-bond donors (Lipinski definition) is 2. The molecule has 1 saturated heterocycles. The number of anilines is 2. The minimum atomic E-state index is -0.0919. The largest absolute Gasteiger partial charge is 0.344 e. The Hall–Kier alpha value is -1.41. The second-order valence-corrected chi connectivity index (χ2v) is 11.6. The van der Waals surface area contributed by atoms with Gasteiger partial charge in [-0.1, -0.05) is 24.2 Å². The lowest BCUT2D eigenvalue weighted by Crippen LogP contribution is -2.60. The first-order valence-corrected chi connectivity index (χ1v) is 12.9. The van der Waals surface area contributed by atoms with E-state index >= 15 is 0 Å². The monoisotopic (exact) mass is 430 g/mol. The molecule has 2 heterocycles. The zero-order chi connectivity index (χ0) is 20.1. The van der Waals surface area contributed by atoms with Gasteiger partial charge in [0.1, 0.15) is 0 Å². The lowest BCUT2D eigenvalue weighted by Gasteiger charge is -2.56. The molecule has 0 atom stereocenters. The summed E-state index contributed by atoms with van der Waals surface area (Å²) in [4.78, 5) is 17.7. The number of hydrogen-bond acceptors (Lipinski definition) is 6. The fourth-order valence-electron chi connectivity index (χ4n) is 7.57. The van der Waals surface area contributed by atoms with Crippen molar-refractivity contribution in [1.82, 2.24) is 20.4 Å². The summed E-state index contributed by atoms with van der Waals surface area (Å²) in [7, 11) is 0. The summed E-state index contributed by atoms with van der Waals surface area (Å²) in [5, 5.41) is 16.5. The minimum absolute atomic E-state index is 0.0307. The summed E-state index contributed by atoms with van der Waals surface area (Å²) in [6.45, 7) is 4.23. The average molecular weight is 431 g/mol. The molecule has 7 nitrogen and oxygen atoms in total. The Kier molecular flexibility index (Phi) is 4.90. The normalized spacial score (nSPS) is 36.4. The molecule has 5 aliphatic carbocycles. The second kappa shape index (κ2) is 7.62. The number of nitrogens with zero attached hydrogens (tertiary/aromatic N) is 4. The van der Waals surface area contributed by atoms with Crippen molar-refractivity contribution in [1.29, 1.82) is 0 Å². The third kappa shape index (κ3) is 3.70. The fraction of sp³-hybridized carbons (Fsp3) is 0.864. The molecule has 6 fully saturated rings. The van der Waals surface area contributed by atoms with Crippen LogP contribution in [0.3, 0.4) is 0 Å². The highest BCUT2D eigenvalue weighted by atomic mass is 32.1. The molecule has 1 aromatic heterocycles. The van der Waals surface area contributed by atoms with Gasteiger partial charge in [-0.3, -0.25) is 10.2 Å². The molecule has 0 spiro atoms. The maximum atomic E-state index is 12.8. The van der Waals surface area contributed by atoms with E-state index in [1.54, 1.807) is 0 Å². The van der Waals surface area contributed by atoms with E-state index in [2.05, 4.69) is 30.6 Å². The van der Waals surface area contributed by atoms with Gasteiger partial charge in [-0.05, 0) is 69.1 Å². The van der Waals surface area contributed by atoms with Crippen molar-refractivity contribution in [3.63, 3.8) is 0 Å². The van der Waals surface area contributed by atoms with Crippen molar-refractivity contribution < 1.29 is 4.79 Å². The van der Waals surface area contributed by atoms with Crippen LogP contribution in [0.2, 0.25) is 0 Å². The van der Waals surface area contributed by atoms with Crippen molar-refractivity contribution in [3.8, 4) is 0 Å². The van der Waals surface area contributed by atoms with Crippen molar-refractivity contribution >= 4 is 27.6 Å². The van der Waals surface area contributed by atoms with E-state index < -0.39 is 0 Å². The number of urea groups is 1. The maximum Gasteiger partial charge on any atom is 0.321 e. The van der Waals surface area contributed by atoms with Crippen molar-refractivity contribution in [3.05, 3.63) is 0 Å². The molecule has 5 saturated carbocycles. The van der Waals surface area contributed by atoms with Gasteiger partial charge in [0.15, 0.2) is 0 Å². The van der Waals surface area contributed by atoms with Gasteiger partial charge in [0.25, 0.3) is 0 Å². The van der Waals surface area contributed by atoms with Gasteiger partial charge in [0.05, 0.1) is 0 Å². The fourth-order valence-corrected chi connectivity index (χ4v) is 8.37. The average Bonchev–Trinajstić information content (AvgIpc) is 3.39. The van der Waals surface area contributed by atoms with Crippen LogP contribution in [0.1, 0.15) is 64.2 Å². The van der Waals surface area contributed by atoms with Crippen LogP contribution in [0.25, 0.3) is 0 Å². The summed E-state index contributed by atoms with van der Waals surface area (Å²) in [5.41, 5.74) is 0.0307. The van der Waals surface area contributed by atoms with Crippen LogP contribution in [0.15, 0.2) is 0 Å². The Morgan fingerprint density at radius 3 is 2.20 bits per heavy atom. The molecule has 0 radical (unpaired) electrons. The van der Waals surface area contributed by atoms with Crippen molar-refractivity contribution in [2.24, 2.45) is 17.8 Å². The standard InChI is InChI=1S/C22H34N6OS/c29-19(24-22-12-15-9-16(13-22)11-17(10-15)14-22)23-20-25-26-21(30-20)28-7-5-27(6-8-28)18-3-1-2-4-18/h15-18H,1-14H2,(H2,23,24,25,29). The highest BCUT2D eigenvalue weighted by Crippen LogP contribution is 2.55. The van der Waals surface area contributed by atoms with Crippen LogP contribution in [0, 0.1) is 17.8 Å². The van der Waals surface area contributed by atoms with Crippen LogP contribution in [-0.2, 0) is 0 Å². The summed E-state index contributed by atoms with van der Waals surface area (Å²) in [6, 6.07) is 0.706. The molecule has 8 heteroatoms. The van der Waals surface area contributed by atoms with Gasteiger partial charge in [0.2, 0.25) is 10.3 Å². The van der Waals surface area contributed by atoms with Gasteiger partial charge >= 0.3 is 6.03 Å². The number of carbonyl (C=O) groups excluding carboxylic acids is 1. The highest BCUT2D eigenvalue weighted by Gasteiger charge is 2.51. The van der Waals surface area contributed by atoms with E-state index in [-0.39, 0.29) is 11.6 Å². The first-order valence-electron chi connectivity index (χ1n) is 12.1.